The van der Waals surface area contributed by atoms with Crippen LogP contribution >= 0.6 is 67.8 Å². The third kappa shape index (κ3) is 8.85. The Morgan fingerprint density at radius 3 is 1.81 bits per heavy atom. The van der Waals surface area contributed by atoms with Gasteiger partial charge in [-0.2, -0.15) is 0 Å². The molecule has 0 aromatic heterocycles. The van der Waals surface area contributed by atoms with E-state index in [9.17, 15) is 55.2 Å². The molecule has 0 radical (unpaired) electrons. The molecule has 266 valence electrons. The molecule has 1 fully saturated rings. The number of nitrogens with zero attached hydrogens (tertiary/aromatic N) is 2. The zero-order valence-corrected chi connectivity index (χ0v) is 32.1. The number of ether oxygens (including phenoxy) is 1. The fourth-order valence-corrected chi connectivity index (χ4v) is 9.71. The number of nitrogens with two attached hydrogens (primary N) is 1. The summed E-state index contributed by atoms with van der Waals surface area (Å²) in [5.41, 5.74) is 7.20. The van der Waals surface area contributed by atoms with E-state index in [0.29, 0.717) is 18.3 Å². The van der Waals surface area contributed by atoms with Crippen LogP contribution < -0.4 is 11.1 Å². The molecule has 0 saturated carbocycles. The zero-order valence-electron chi connectivity index (χ0n) is 25.6. The second-order valence-corrected chi connectivity index (χ2v) is 14.4. The van der Waals surface area contributed by atoms with Crippen molar-refractivity contribution in [2.75, 3.05) is 52.7 Å². The zero-order chi connectivity index (χ0) is 36.2. The highest BCUT2D eigenvalue weighted by Crippen LogP contribution is 2.40. The van der Waals surface area contributed by atoms with Crippen molar-refractivity contribution in [3.63, 3.8) is 0 Å². The van der Waals surface area contributed by atoms with Gasteiger partial charge >= 0.3 is 0 Å². The molecule has 0 spiro atoms. The van der Waals surface area contributed by atoms with Crippen LogP contribution in [-0.4, -0.2) is 158 Å². The number of halogens is 3. The van der Waals surface area contributed by atoms with E-state index >= 15 is 0 Å². The summed E-state index contributed by atoms with van der Waals surface area (Å²) in [4.78, 5) is 43.1. The molecule has 2 aromatic carbocycles. The lowest BCUT2D eigenvalue weighted by atomic mass is 9.95. The summed E-state index contributed by atoms with van der Waals surface area (Å²) in [5, 5.41) is 81.1. The highest BCUT2D eigenvalue weighted by atomic mass is 123. The van der Waals surface area contributed by atoms with E-state index in [2.05, 4.69) is 5.32 Å². The third-order valence-corrected chi connectivity index (χ3v) is 10.8. The average molecular weight is 1000 g/mol. The molecule has 0 aliphatic carbocycles. The van der Waals surface area contributed by atoms with Crippen molar-refractivity contribution in [3.8, 4) is 11.1 Å². The summed E-state index contributed by atoms with van der Waals surface area (Å²) in [6.45, 7) is -2.26. The summed E-state index contributed by atoms with van der Waals surface area (Å²) in [7, 11) is 2.85. The molecule has 0 bridgehead atoms. The van der Waals surface area contributed by atoms with Gasteiger partial charge in [0.2, 0.25) is 0 Å². The summed E-state index contributed by atoms with van der Waals surface area (Å²) in [6.07, 6.45) is -8.72. The first-order chi connectivity index (χ1) is 22.5. The van der Waals surface area contributed by atoms with Crippen LogP contribution in [0.5, 0.6) is 0 Å². The Hall–Kier alpha value is -1.52. The van der Waals surface area contributed by atoms with E-state index in [4.69, 9.17) is 10.5 Å². The molecule has 19 heteroatoms. The highest BCUT2D eigenvalue weighted by Gasteiger charge is 2.44. The van der Waals surface area contributed by atoms with Crippen molar-refractivity contribution in [1.82, 2.24) is 15.1 Å². The number of nitrogens with one attached hydrogen (secondary N) is 1. The summed E-state index contributed by atoms with van der Waals surface area (Å²) in [6, 6.07) is 2.84. The quantitative estimate of drug-likeness (QED) is 0.0827. The summed E-state index contributed by atoms with van der Waals surface area (Å²) >= 11 is 5.79. The van der Waals surface area contributed by atoms with Gasteiger partial charge in [-0.05, 0) is 85.5 Å². The maximum Gasteiger partial charge on any atom is 0.255 e. The predicted molar refractivity (Wildman–Crippen MR) is 196 cm³/mol. The molecule has 2 unspecified atom stereocenters. The minimum absolute atomic E-state index is 0.0586. The predicted octanol–water partition coefficient (Wildman–Crippen LogP) is -1.87. The van der Waals surface area contributed by atoms with Crippen LogP contribution in [-0.2, 0) is 4.74 Å². The van der Waals surface area contributed by atoms with Crippen molar-refractivity contribution in [1.29, 1.82) is 0 Å². The summed E-state index contributed by atoms with van der Waals surface area (Å²) < 4.78 is 6.18. The Morgan fingerprint density at radius 2 is 1.38 bits per heavy atom. The largest absolute Gasteiger partial charge is 0.398 e. The molecule has 48 heavy (non-hydrogen) atoms. The Morgan fingerprint density at radius 1 is 0.875 bits per heavy atom. The topological polar surface area (TPSA) is 267 Å². The fraction of sp³-hybridized carbons (Fsp3) is 0.483. The van der Waals surface area contributed by atoms with Gasteiger partial charge in [-0.25, -0.2) is 0 Å². The highest BCUT2D eigenvalue weighted by molar-refractivity contribution is 14.1. The van der Waals surface area contributed by atoms with Crippen LogP contribution in [0.1, 0.15) is 31.1 Å². The van der Waals surface area contributed by atoms with Crippen LogP contribution in [0.25, 0.3) is 11.1 Å². The number of hydrogen-bond donors (Lipinski definition) is 10. The van der Waals surface area contributed by atoms with Crippen LogP contribution in [0.15, 0.2) is 18.2 Å². The van der Waals surface area contributed by atoms with Gasteiger partial charge in [-0.15, -0.1) is 0 Å². The number of carbonyl (C=O) groups is 3. The second kappa shape index (κ2) is 17.6. The van der Waals surface area contributed by atoms with E-state index in [1.165, 1.54) is 42.1 Å². The number of anilines is 1. The fourth-order valence-electron chi connectivity index (χ4n) is 5.00. The van der Waals surface area contributed by atoms with E-state index in [1.807, 2.05) is 67.8 Å². The Kier molecular flexibility index (Phi) is 15.0. The Balaban J connectivity index is 2.12. The van der Waals surface area contributed by atoms with E-state index in [0.717, 1.165) is 0 Å². The van der Waals surface area contributed by atoms with E-state index in [1.54, 1.807) is 0 Å². The second-order valence-electron chi connectivity index (χ2n) is 11.1. The first-order valence-electron chi connectivity index (χ1n) is 14.3. The van der Waals surface area contributed by atoms with Gasteiger partial charge < -0.3 is 66.4 Å². The van der Waals surface area contributed by atoms with Crippen molar-refractivity contribution >= 4 is 91.2 Å². The van der Waals surface area contributed by atoms with Crippen molar-refractivity contribution in [2.24, 2.45) is 0 Å². The number of aliphatic hydroxyl groups excluding tert-OH is 8. The number of benzene rings is 2. The molecule has 1 saturated heterocycles. The number of amides is 3. The third-order valence-electron chi connectivity index (χ3n) is 7.61. The molecular formula is C29H37I3N4O12. The standard InChI is InChI=1S/C29H37I3N4O12/c1-35(6-12(40)8-37)27(45)18-20(30)17(21(31)19(22(18)32)28(46)36(2)7-13(41)9-38)11-3-4-14(15(33)5-11)26(44)34-23-25(43)24(42)16(10-39)48-29(23)47/h3-5,12-13,16,23-25,29,37-43,47H,6-10,33H2,1-2H3,(H,34,44)/t12?,13?,16-,23-,24-,25-,29-/m1/s1/i30-4,31-4,32-4. The lowest BCUT2D eigenvalue weighted by Gasteiger charge is -2.40. The van der Waals surface area contributed by atoms with E-state index in [-0.39, 0.29) is 39.0 Å². The number of likely N-dealkylation sites (N-methyl/N-ethyl adjacent to an activating group) is 2. The maximum atomic E-state index is 13.8. The number of hydrogen-bond acceptors (Lipinski definition) is 13. The van der Waals surface area contributed by atoms with Gasteiger partial charge in [0.25, 0.3) is 17.7 Å². The smallest absolute Gasteiger partial charge is 0.255 e. The Bertz CT molecular complexity index is 1460. The van der Waals surface area contributed by atoms with Gasteiger partial charge in [-0.3, -0.25) is 14.4 Å². The molecule has 1 heterocycles. The number of carbonyl (C=O) groups excluding carboxylic acids is 3. The number of rotatable bonds is 12. The minimum Gasteiger partial charge on any atom is -0.398 e. The molecule has 1 aliphatic heterocycles. The van der Waals surface area contributed by atoms with Crippen LogP contribution in [0.2, 0.25) is 0 Å². The molecule has 2 aromatic rings. The molecule has 11 N–H and O–H groups in total. The number of aliphatic hydroxyl groups is 8. The van der Waals surface area contributed by atoms with Gasteiger partial charge in [0.1, 0.15) is 24.4 Å². The Labute approximate surface area is 316 Å². The van der Waals surface area contributed by atoms with Crippen molar-refractivity contribution in [2.45, 2.75) is 42.9 Å². The lowest BCUT2D eigenvalue weighted by Crippen LogP contribution is -2.64. The molecule has 1 aliphatic rings. The maximum absolute atomic E-state index is 13.8. The molecule has 7 atom stereocenters. The van der Waals surface area contributed by atoms with Crippen molar-refractivity contribution in [3.05, 3.63) is 45.6 Å². The van der Waals surface area contributed by atoms with E-state index < -0.39 is 80.4 Å². The lowest BCUT2D eigenvalue weighted by molar-refractivity contribution is -0.252. The summed E-state index contributed by atoms with van der Waals surface area (Å²) in [5.74, 6) is -1.96. The number of nitrogen functional groups attached to an aromatic ring is 1. The SMILES string of the molecule is CN(CC(O)CO)C(=O)c1c([123I])c(C(=O)N(C)CC(O)CO)c([123I])c(-c2ccc(C(=O)N[C@@H]3[C@@H](O)[C@H](O)[C@@H](CO)O[C@H]3O)c(N)c2)c1[123I]. The molecular weight excluding hydrogens is 965 g/mol. The van der Waals surface area contributed by atoms with Crippen molar-refractivity contribution < 1.29 is 60.0 Å². The average Bonchev–Trinajstić information content (AvgIpc) is 3.04. The van der Waals surface area contributed by atoms with Crippen LogP contribution in [0.4, 0.5) is 5.69 Å². The van der Waals surface area contributed by atoms with Crippen LogP contribution in [0, 0.1) is 10.7 Å². The minimum atomic E-state index is -1.75. The molecule has 3 rings (SSSR count). The first kappa shape index (κ1) is 40.9. The normalized spacial score (nSPS) is 22.1. The van der Waals surface area contributed by atoms with Gasteiger partial charge in [0.15, 0.2) is 6.29 Å². The van der Waals surface area contributed by atoms with Crippen LogP contribution in [0.3, 0.4) is 0 Å². The molecule has 16 nitrogen and oxygen atoms in total. The molecule has 3 amide bonds. The van der Waals surface area contributed by atoms with Gasteiger partial charge in [-0.1, -0.05) is 6.07 Å². The van der Waals surface area contributed by atoms with Gasteiger partial charge in [0.05, 0.1) is 48.7 Å². The first-order valence-corrected chi connectivity index (χ1v) is 17.5. The van der Waals surface area contributed by atoms with Gasteiger partial charge in [0, 0.05) is 49.1 Å². The monoisotopic (exact) mass is 1000 g/mol.